The number of carbonyl (C=O) groups excluding carboxylic acids is 1. The molecule has 0 radical (unpaired) electrons. The molecule has 4 aliphatic rings. The number of aliphatic hydroxyl groups is 1. The van der Waals surface area contributed by atoms with Crippen molar-refractivity contribution in [3.63, 3.8) is 0 Å². The molecule has 0 spiro atoms. The average molecular weight is 281 g/mol. The van der Waals surface area contributed by atoms with Gasteiger partial charge in [0, 0.05) is 5.54 Å². The molecule has 0 aromatic heterocycles. The van der Waals surface area contributed by atoms with Crippen LogP contribution in [-0.2, 0) is 9.53 Å². The van der Waals surface area contributed by atoms with Crippen LogP contribution in [0, 0.1) is 11.8 Å². The Hall–Kier alpha value is -0.610. The molecule has 0 heterocycles. The highest BCUT2D eigenvalue weighted by molar-refractivity contribution is 5.72. The first-order valence-electron chi connectivity index (χ1n) is 7.86. The summed E-state index contributed by atoms with van der Waals surface area (Å²) in [7, 11) is 0. The Morgan fingerprint density at radius 1 is 1.25 bits per heavy atom. The topological polar surface area (TPSA) is 58.6 Å². The predicted molar refractivity (Wildman–Crippen MR) is 76.2 cm³/mol. The Morgan fingerprint density at radius 2 is 1.85 bits per heavy atom. The minimum absolute atomic E-state index is 0.0320. The molecule has 4 heteroatoms. The molecule has 2 N–H and O–H groups in total. The van der Waals surface area contributed by atoms with Crippen LogP contribution in [0.4, 0.5) is 0 Å². The van der Waals surface area contributed by atoms with E-state index in [4.69, 9.17) is 4.74 Å². The normalized spacial score (nSPS) is 42.8. The third kappa shape index (κ3) is 2.86. The van der Waals surface area contributed by atoms with E-state index in [-0.39, 0.29) is 18.1 Å². The zero-order valence-corrected chi connectivity index (χ0v) is 12.9. The third-order valence-electron chi connectivity index (χ3n) is 5.06. The summed E-state index contributed by atoms with van der Waals surface area (Å²) in [5.74, 6) is 1.07. The standard InChI is InChI=1S/C16H27NO3/c1-14(2,3)20-13(18)9-17-15-5-11-4-12(6-15)8-16(19,7-11)10-15/h11-12,17,19H,4-10H2,1-3H3. The quantitative estimate of drug-likeness (QED) is 0.777. The van der Waals surface area contributed by atoms with Crippen molar-refractivity contribution in [2.24, 2.45) is 11.8 Å². The van der Waals surface area contributed by atoms with E-state index in [1.54, 1.807) is 0 Å². The first-order chi connectivity index (χ1) is 9.17. The fraction of sp³-hybridized carbons (Fsp3) is 0.938. The van der Waals surface area contributed by atoms with Crippen LogP contribution in [0.5, 0.6) is 0 Å². The summed E-state index contributed by atoms with van der Waals surface area (Å²) < 4.78 is 5.36. The van der Waals surface area contributed by atoms with Gasteiger partial charge in [-0.1, -0.05) is 0 Å². The van der Waals surface area contributed by atoms with Crippen molar-refractivity contribution in [1.82, 2.24) is 5.32 Å². The van der Waals surface area contributed by atoms with Crippen molar-refractivity contribution in [3.05, 3.63) is 0 Å². The van der Waals surface area contributed by atoms with E-state index in [0.717, 1.165) is 32.1 Å². The van der Waals surface area contributed by atoms with Crippen molar-refractivity contribution in [1.29, 1.82) is 0 Å². The zero-order valence-electron chi connectivity index (χ0n) is 12.9. The van der Waals surface area contributed by atoms with E-state index in [9.17, 15) is 9.90 Å². The van der Waals surface area contributed by atoms with Crippen molar-refractivity contribution >= 4 is 5.97 Å². The lowest BCUT2D eigenvalue weighted by Gasteiger charge is -2.60. The van der Waals surface area contributed by atoms with E-state index in [1.165, 1.54) is 6.42 Å². The fourth-order valence-corrected chi connectivity index (χ4v) is 5.06. The summed E-state index contributed by atoms with van der Waals surface area (Å²) in [6.45, 7) is 5.92. The molecule has 4 bridgehead atoms. The minimum atomic E-state index is -0.481. The van der Waals surface area contributed by atoms with Gasteiger partial charge in [-0.15, -0.1) is 0 Å². The predicted octanol–water partition coefficient (Wildman–Crippen LogP) is 2.00. The molecule has 20 heavy (non-hydrogen) atoms. The molecule has 0 saturated heterocycles. The lowest BCUT2D eigenvalue weighted by Crippen LogP contribution is -2.65. The summed E-state index contributed by atoms with van der Waals surface area (Å²) in [4.78, 5) is 11.9. The largest absolute Gasteiger partial charge is 0.459 e. The Labute approximate surface area is 121 Å². The maximum Gasteiger partial charge on any atom is 0.320 e. The molecule has 4 nitrogen and oxygen atoms in total. The van der Waals surface area contributed by atoms with Gasteiger partial charge in [-0.3, -0.25) is 4.79 Å². The molecule has 4 aliphatic carbocycles. The van der Waals surface area contributed by atoms with Gasteiger partial charge in [-0.05, 0) is 71.1 Å². The van der Waals surface area contributed by atoms with E-state index in [1.807, 2.05) is 20.8 Å². The van der Waals surface area contributed by atoms with Crippen LogP contribution in [0.3, 0.4) is 0 Å². The Balaban J connectivity index is 1.61. The second-order valence-electron chi connectivity index (χ2n) is 8.41. The second kappa shape index (κ2) is 4.44. The zero-order chi connectivity index (χ0) is 14.6. The highest BCUT2D eigenvalue weighted by Gasteiger charge is 2.57. The van der Waals surface area contributed by atoms with Gasteiger partial charge < -0.3 is 15.2 Å². The minimum Gasteiger partial charge on any atom is -0.459 e. The molecule has 4 rings (SSSR count). The first-order valence-corrected chi connectivity index (χ1v) is 7.86. The van der Waals surface area contributed by atoms with Crippen molar-refractivity contribution in [3.8, 4) is 0 Å². The Morgan fingerprint density at radius 3 is 2.35 bits per heavy atom. The van der Waals surface area contributed by atoms with E-state index >= 15 is 0 Å². The maximum atomic E-state index is 11.9. The number of hydrogen-bond donors (Lipinski definition) is 2. The van der Waals surface area contributed by atoms with Crippen LogP contribution in [0.15, 0.2) is 0 Å². The van der Waals surface area contributed by atoms with Gasteiger partial charge in [0.1, 0.15) is 5.60 Å². The second-order valence-corrected chi connectivity index (χ2v) is 8.41. The maximum absolute atomic E-state index is 11.9. The van der Waals surface area contributed by atoms with Crippen molar-refractivity contribution in [2.75, 3.05) is 6.54 Å². The number of ether oxygens (including phenoxy) is 1. The molecular weight excluding hydrogens is 254 g/mol. The molecule has 0 aromatic rings. The van der Waals surface area contributed by atoms with Gasteiger partial charge in [0.05, 0.1) is 12.1 Å². The monoisotopic (exact) mass is 281 g/mol. The molecule has 114 valence electrons. The molecule has 0 amide bonds. The van der Waals surface area contributed by atoms with E-state index in [2.05, 4.69) is 5.32 Å². The number of carbonyl (C=O) groups is 1. The highest BCUT2D eigenvalue weighted by atomic mass is 16.6. The van der Waals surface area contributed by atoms with Gasteiger partial charge in [0.2, 0.25) is 0 Å². The SMILES string of the molecule is CC(C)(C)OC(=O)CNC12CC3CC(CC(O)(C3)C1)C2. The van der Waals surface area contributed by atoms with Gasteiger partial charge >= 0.3 is 5.97 Å². The van der Waals surface area contributed by atoms with Crippen molar-refractivity contribution in [2.45, 2.75) is 76.0 Å². The molecule has 0 aromatic carbocycles. The number of nitrogens with one attached hydrogen (secondary N) is 1. The van der Waals surface area contributed by atoms with Crippen LogP contribution >= 0.6 is 0 Å². The summed E-state index contributed by atoms with van der Waals surface area (Å²) in [5, 5.41) is 14.1. The fourth-order valence-electron chi connectivity index (χ4n) is 5.06. The number of esters is 1. The van der Waals surface area contributed by atoms with Crippen LogP contribution in [0.25, 0.3) is 0 Å². The van der Waals surface area contributed by atoms with Gasteiger partial charge in [-0.2, -0.15) is 0 Å². The summed E-state index contributed by atoms with van der Waals surface area (Å²) in [6, 6.07) is 0. The average Bonchev–Trinajstić information content (AvgIpc) is 2.20. The lowest BCUT2D eigenvalue weighted by molar-refractivity contribution is -0.159. The van der Waals surface area contributed by atoms with Gasteiger partial charge in [0.25, 0.3) is 0 Å². The molecule has 0 aliphatic heterocycles. The van der Waals surface area contributed by atoms with Crippen LogP contribution < -0.4 is 5.32 Å². The third-order valence-corrected chi connectivity index (χ3v) is 5.06. The Kier molecular flexibility index (Phi) is 3.18. The Bertz CT molecular complexity index is 398. The number of hydrogen-bond acceptors (Lipinski definition) is 4. The van der Waals surface area contributed by atoms with Gasteiger partial charge in [-0.25, -0.2) is 0 Å². The highest BCUT2D eigenvalue weighted by Crippen LogP contribution is 2.57. The van der Waals surface area contributed by atoms with Crippen LogP contribution in [0.2, 0.25) is 0 Å². The lowest BCUT2D eigenvalue weighted by atomic mass is 9.51. The van der Waals surface area contributed by atoms with E-state index in [0.29, 0.717) is 11.8 Å². The molecule has 4 fully saturated rings. The smallest absolute Gasteiger partial charge is 0.320 e. The van der Waals surface area contributed by atoms with Gasteiger partial charge in [0.15, 0.2) is 0 Å². The first kappa shape index (κ1) is 14.3. The molecular formula is C16H27NO3. The van der Waals surface area contributed by atoms with Crippen LogP contribution in [0.1, 0.15) is 59.3 Å². The van der Waals surface area contributed by atoms with E-state index < -0.39 is 11.2 Å². The molecule has 2 atom stereocenters. The summed E-state index contributed by atoms with van der Waals surface area (Å²) in [5.41, 5.74) is -0.945. The van der Waals surface area contributed by atoms with Crippen LogP contribution in [-0.4, -0.2) is 34.4 Å². The molecule has 2 unspecified atom stereocenters. The number of rotatable bonds is 3. The summed E-state index contributed by atoms with van der Waals surface area (Å²) in [6.07, 6.45) is 6.19. The summed E-state index contributed by atoms with van der Waals surface area (Å²) >= 11 is 0. The van der Waals surface area contributed by atoms with Crippen molar-refractivity contribution < 1.29 is 14.6 Å². The molecule has 4 saturated carbocycles.